The van der Waals surface area contributed by atoms with E-state index in [9.17, 15) is 4.79 Å². The van der Waals surface area contributed by atoms with Crippen LogP contribution in [0.4, 0.5) is 5.69 Å². The number of ketones is 1. The summed E-state index contributed by atoms with van der Waals surface area (Å²) < 4.78 is 11.5. The van der Waals surface area contributed by atoms with Crippen LogP contribution in [0, 0.1) is 0 Å². The first-order valence-electron chi connectivity index (χ1n) is 9.38. The number of rotatable bonds is 5. The molecule has 1 saturated heterocycles. The zero-order chi connectivity index (χ0) is 19.3. The average molecular weight is 374 g/mol. The second-order valence-electron chi connectivity index (χ2n) is 6.69. The van der Waals surface area contributed by atoms with Crippen molar-refractivity contribution in [1.82, 2.24) is 4.98 Å². The van der Waals surface area contributed by atoms with Gasteiger partial charge in [-0.15, -0.1) is 0 Å². The summed E-state index contributed by atoms with van der Waals surface area (Å²) in [6, 6.07) is 19.3. The molecule has 0 aliphatic carbocycles. The van der Waals surface area contributed by atoms with Crippen LogP contribution in [0.15, 0.2) is 66.9 Å². The van der Waals surface area contributed by atoms with E-state index in [0.717, 1.165) is 48.9 Å². The van der Waals surface area contributed by atoms with Crippen molar-refractivity contribution < 1.29 is 14.3 Å². The van der Waals surface area contributed by atoms with Crippen LogP contribution in [0.1, 0.15) is 17.3 Å². The van der Waals surface area contributed by atoms with Crippen LogP contribution in [-0.2, 0) is 4.74 Å². The number of anilines is 1. The molecule has 5 heteroatoms. The van der Waals surface area contributed by atoms with Crippen molar-refractivity contribution in [2.45, 2.75) is 6.92 Å². The zero-order valence-corrected chi connectivity index (χ0v) is 15.8. The molecular weight excluding hydrogens is 352 g/mol. The molecule has 3 aromatic rings. The Labute approximate surface area is 164 Å². The molecular formula is C23H22N2O3. The van der Waals surface area contributed by atoms with Crippen LogP contribution in [0.2, 0.25) is 0 Å². The number of morpholine rings is 1. The first kappa shape index (κ1) is 18.2. The minimum Gasteiger partial charge on any atom is -0.437 e. The fraction of sp³-hybridized carbons (Fsp3) is 0.217. The molecule has 0 saturated carbocycles. The van der Waals surface area contributed by atoms with E-state index in [2.05, 4.69) is 16.0 Å². The number of pyridine rings is 1. The van der Waals surface area contributed by atoms with E-state index >= 15 is 0 Å². The highest BCUT2D eigenvalue weighted by atomic mass is 16.5. The molecule has 2 aromatic carbocycles. The van der Waals surface area contributed by atoms with E-state index in [-0.39, 0.29) is 5.78 Å². The minimum atomic E-state index is 0.0504. The molecule has 5 nitrogen and oxygen atoms in total. The molecule has 0 radical (unpaired) electrons. The predicted molar refractivity (Wildman–Crippen MR) is 109 cm³/mol. The summed E-state index contributed by atoms with van der Waals surface area (Å²) in [6.07, 6.45) is 1.77. The van der Waals surface area contributed by atoms with Gasteiger partial charge in [0, 0.05) is 36.5 Å². The van der Waals surface area contributed by atoms with Gasteiger partial charge in [-0.3, -0.25) is 4.79 Å². The highest BCUT2D eigenvalue weighted by Gasteiger charge is 2.16. The van der Waals surface area contributed by atoms with Crippen LogP contribution in [0.5, 0.6) is 11.6 Å². The van der Waals surface area contributed by atoms with Crippen molar-refractivity contribution in [3.63, 3.8) is 0 Å². The Morgan fingerprint density at radius 3 is 2.57 bits per heavy atom. The number of hydrogen-bond donors (Lipinski definition) is 0. The van der Waals surface area contributed by atoms with Crippen LogP contribution in [-0.4, -0.2) is 37.1 Å². The lowest BCUT2D eigenvalue weighted by molar-refractivity contribution is 0.101. The summed E-state index contributed by atoms with van der Waals surface area (Å²) >= 11 is 0. The molecule has 2 heterocycles. The van der Waals surface area contributed by atoms with Gasteiger partial charge >= 0.3 is 0 Å². The van der Waals surface area contributed by atoms with E-state index in [1.165, 1.54) is 0 Å². The quantitative estimate of drug-likeness (QED) is 0.612. The molecule has 0 atom stereocenters. The van der Waals surface area contributed by atoms with Gasteiger partial charge in [0.15, 0.2) is 11.5 Å². The molecule has 142 valence electrons. The molecule has 0 N–H and O–H groups in total. The fourth-order valence-electron chi connectivity index (χ4n) is 3.25. The average Bonchev–Trinajstić information content (AvgIpc) is 2.75. The van der Waals surface area contributed by atoms with E-state index in [1.54, 1.807) is 13.1 Å². The van der Waals surface area contributed by atoms with Crippen molar-refractivity contribution in [3.8, 4) is 22.8 Å². The van der Waals surface area contributed by atoms with Gasteiger partial charge in [0.1, 0.15) is 0 Å². The number of ether oxygens (including phenoxy) is 2. The lowest BCUT2D eigenvalue weighted by atomic mass is 10.0. The smallest absolute Gasteiger partial charge is 0.219 e. The highest BCUT2D eigenvalue weighted by Crippen LogP contribution is 2.32. The Kier molecular flexibility index (Phi) is 5.35. The molecule has 0 bridgehead atoms. The largest absolute Gasteiger partial charge is 0.437 e. The topological polar surface area (TPSA) is 51.7 Å². The summed E-state index contributed by atoms with van der Waals surface area (Å²) in [5.41, 5.74) is 3.64. The highest BCUT2D eigenvalue weighted by molar-refractivity contribution is 5.95. The molecule has 0 spiro atoms. The fourth-order valence-corrected chi connectivity index (χ4v) is 3.25. The number of carbonyl (C=O) groups excluding carboxylic acids is 1. The number of Topliss-reactive ketones (excluding diaryl/α,β-unsaturated/α-hetero) is 1. The van der Waals surface area contributed by atoms with Gasteiger partial charge in [-0.05, 0) is 36.8 Å². The molecule has 1 aliphatic rings. The van der Waals surface area contributed by atoms with Gasteiger partial charge < -0.3 is 14.4 Å². The van der Waals surface area contributed by atoms with E-state index < -0.39 is 0 Å². The maximum Gasteiger partial charge on any atom is 0.219 e. The maximum atomic E-state index is 11.6. The third-order valence-corrected chi connectivity index (χ3v) is 4.77. The summed E-state index contributed by atoms with van der Waals surface area (Å²) in [5, 5.41) is 0. The number of benzene rings is 2. The Bertz CT molecular complexity index is 964. The van der Waals surface area contributed by atoms with E-state index in [4.69, 9.17) is 9.47 Å². The van der Waals surface area contributed by atoms with Gasteiger partial charge in [0.2, 0.25) is 5.88 Å². The maximum absolute atomic E-state index is 11.6. The van der Waals surface area contributed by atoms with Gasteiger partial charge in [-0.1, -0.05) is 30.3 Å². The number of para-hydroxylation sites is 2. The van der Waals surface area contributed by atoms with Gasteiger partial charge in [0.25, 0.3) is 0 Å². The second-order valence-corrected chi connectivity index (χ2v) is 6.69. The number of aromatic nitrogens is 1. The van der Waals surface area contributed by atoms with Crippen molar-refractivity contribution in [2.24, 2.45) is 0 Å². The zero-order valence-electron chi connectivity index (χ0n) is 15.8. The van der Waals surface area contributed by atoms with Crippen molar-refractivity contribution >= 4 is 11.5 Å². The summed E-state index contributed by atoms with van der Waals surface area (Å²) in [7, 11) is 0. The number of hydrogen-bond acceptors (Lipinski definition) is 5. The molecule has 1 aromatic heterocycles. The normalized spacial score (nSPS) is 14.0. The van der Waals surface area contributed by atoms with E-state index in [1.807, 2.05) is 54.6 Å². The molecule has 4 rings (SSSR count). The van der Waals surface area contributed by atoms with Crippen LogP contribution in [0.3, 0.4) is 0 Å². The Balaban J connectivity index is 1.54. The Hall–Kier alpha value is -3.18. The van der Waals surface area contributed by atoms with E-state index in [0.29, 0.717) is 11.4 Å². The van der Waals surface area contributed by atoms with Gasteiger partial charge in [0.05, 0.1) is 18.9 Å². The molecule has 1 fully saturated rings. The SMILES string of the molecule is CC(=O)c1cccc(-c2ccc(Oc3ccccc3N3CCOCC3)nc2)c1. The number of carbonyl (C=O) groups is 1. The first-order chi connectivity index (χ1) is 13.7. The minimum absolute atomic E-state index is 0.0504. The standard InChI is InChI=1S/C23H22N2O3/c1-17(26)18-5-4-6-19(15-18)20-9-10-23(24-16-20)28-22-8-3-2-7-21(22)25-11-13-27-14-12-25/h2-10,15-16H,11-14H2,1H3. The molecule has 0 amide bonds. The summed E-state index contributed by atoms with van der Waals surface area (Å²) in [4.78, 5) is 18.3. The van der Waals surface area contributed by atoms with Gasteiger partial charge in [-0.2, -0.15) is 0 Å². The number of nitrogens with zero attached hydrogens (tertiary/aromatic N) is 2. The van der Waals surface area contributed by atoms with Crippen LogP contribution >= 0.6 is 0 Å². The third kappa shape index (κ3) is 4.05. The predicted octanol–water partition coefficient (Wildman–Crippen LogP) is 4.58. The lowest BCUT2D eigenvalue weighted by Crippen LogP contribution is -2.36. The monoisotopic (exact) mass is 374 g/mol. The Morgan fingerprint density at radius 1 is 1.00 bits per heavy atom. The lowest BCUT2D eigenvalue weighted by Gasteiger charge is -2.30. The molecule has 1 aliphatic heterocycles. The molecule has 0 unspecified atom stereocenters. The first-order valence-corrected chi connectivity index (χ1v) is 9.38. The third-order valence-electron chi connectivity index (χ3n) is 4.77. The second kappa shape index (κ2) is 8.23. The summed E-state index contributed by atoms with van der Waals surface area (Å²) in [6.45, 7) is 4.71. The van der Waals surface area contributed by atoms with Crippen LogP contribution in [0.25, 0.3) is 11.1 Å². The van der Waals surface area contributed by atoms with Gasteiger partial charge in [-0.25, -0.2) is 4.98 Å². The molecule has 28 heavy (non-hydrogen) atoms. The van der Waals surface area contributed by atoms with Crippen LogP contribution < -0.4 is 9.64 Å². The Morgan fingerprint density at radius 2 is 1.82 bits per heavy atom. The van der Waals surface area contributed by atoms with Crippen molar-refractivity contribution in [1.29, 1.82) is 0 Å². The summed E-state index contributed by atoms with van der Waals surface area (Å²) in [5.74, 6) is 1.37. The van der Waals surface area contributed by atoms with Crippen molar-refractivity contribution in [3.05, 3.63) is 72.4 Å². The van der Waals surface area contributed by atoms with Crippen molar-refractivity contribution in [2.75, 3.05) is 31.2 Å².